The van der Waals surface area contributed by atoms with Gasteiger partial charge >= 0.3 is 0 Å². The van der Waals surface area contributed by atoms with E-state index in [0.717, 1.165) is 11.3 Å². The van der Waals surface area contributed by atoms with Gasteiger partial charge in [0, 0.05) is 17.9 Å². The number of amides is 1. The average molecular weight is 300 g/mol. The molecule has 1 aromatic heterocycles. The number of hydrogen-bond donors (Lipinski definition) is 1. The highest BCUT2D eigenvalue weighted by molar-refractivity contribution is 5.77. The molecule has 118 valence electrons. The molecule has 2 aromatic rings. The summed E-state index contributed by atoms with van der Waals surface area (Å²) >= 11 is 0. The second-order valence-corrected chi connectivity index (χ2v) is 6.42. The standard InChI is InChI=1S/C18H24N2O2/c1-18(2,3)19-17(21)13-16(20-11-5-6-12-20)14-7-9-15(22-4)10-8-14/h5-12,16H,13H2,1-4H3,(H,19,21)/t16-/m1/s1. The van der Waals surface area contributed by atoms with Gasteiger partial charge in [0.15, 0.2) is 0 Å². The molecule has 0 saturated carbocycles. The Morgan fingerprint density at radius 1 is 1.18 bits per heavy atom. The molecule has 1 heterocycles. The molecular weight excluding hydrogens is 276 g/mol. The molecule has 1 N–H and O–H groups in total. The number of carbonyl (C=O) groups is 1. The molecule has 0 aliphatic heterocycles. The van der Waals surface area contributed by atoms with Crippen LogP contribution in [0.4, 0.5) is 0 Å². The third-order valence-electron chi connectivity index (χ3n) is 3.38. The van der Waals surface area contributed by atoms with Gasteiger partial charge in [0.2, 0.25) is 5.91 Å². The van der Waals surface area contributed by atoms with Crippen molar-refractivity contribution >= 4 is 5.91 Å². The number of nitrogens with zero attached hydrogens (tertiary/aromatic N) is 1. The van der Waals surface area contributed by atoms with E-state index in [1.807, 2.05) is 69.6 Å². The number of aromatic nitrogens is 1. The van der Waals surface area contributed by atoms with E-state index >= 15 is 0 Å². The molecule has 0 aliphatic rings. The molecule has 0 bridgehead atoms. The fraction of sp³-hybridized carbons (Fsp3) is 0.389. The zero-order valence-corrected chi connectivity index (χ0v) is 13.7. The van der Waals surface area contributed by atoms with Crippen LogP contribution in [0.3, 0.4) is 0 Å². The molecule has 4 heteroatoms. The van der Waals surface area contributed by atoms with E-state index < -0.39 is 0 Å². The minimum absolute atomic E-state index is 0.0248. The van der Waals surface area contributed by atoms with Gasteiger partial charge < -0.3 is 14.6 Å². The minimum atomic E-state index is -0.224. The molecular formula is C18H24N2O2. The Bertz CT molecular complexity index is 595. The quantitative estimate of drug-likeness (QED) is 0.919. The highest BCUT2D eigenvalue weighted by Gasteiger charge is 2.20. The normalized spacial score (nSPS) is 12.7. The minimum Gasteiger partial charge on any atom is -0.497 e. The van der Waals surface area contributed by atoms with Crippen molar-refractivity contribution in [2.24, 2.45) is 0 Å². The van der Waals surface area contributed by atoms with Crippen LogP contribution in [-0.4, -0.2) is 23.1 Å². The lowest BCUT2D eigenvalue weighted by molar-refractivity contribution is -0.123. The van der Waals surface area contributed by atoms with Gasteiger partial charge in [-0.25, -0.2) is 0 Å². The van der Waals surface area contributed by atoms with Crippen molar-refractivity contribution in [2.75, 3.05) is 7.11 Å². The fourth-order valence-corrected chi connectivity index (χ4v) is 2.42. The number of nitrogens with one attached hydrogen (secondary N) is 1. The van der Waals surface area contributed by atoms with E-state index in [1.165, 1.54) is 0 Å². The second-order valence-electron chi connectivity index (χ2n) is 6.42. The summed E-state index contributed by atoms with van der Waals surface area (Å²) in [4.78, 5) is 12.3. The smallest absolute Gasteiger partial charge is 0.222 e. The number of benzene rings is 1. The van der Waals surface area contributed by atoms with Gasteiger partial charge in [0.1, 0.15) is 5.75 Å². The lowest BCUT2D eigenvalue weighted by atomic mass is 10.0. The van der Waals surface area contributed by atoms with Crippen molar-refractivity contribution < 1.29 is 9.53 Å². The SMILES string of the molecule is COc1ccc([C@@H](CC(=O)NC(C)(C)C)n2cccc2)cc1. The van der Waals surface area contributed by atoms with Crippen LogP contribution >= 0.6 is 0 Å². The Balaban J connectivity index is 2.21. The molecule has 1 atom stereocenters. The predicted octanol–water partition coefficient (Wildman–Crippen LogP) is 3.39. The van der Waals surface area contributed by atoms with E-state index in [9.17, 15) is 4.79 Å². The summed E-state index contributed by atoms with van der Waals surface area (Å²) in [6.45, 7) is 5.97. The van der Waals surface area contributed by atoms with E-state index in [2.05, 4.69) is 9.88 Å². The summed E-state index contributed by atoms with van der Waals surface area (Å²) < 4.78 is 7.26. The Hall–Kier alpha value is -2.23. The van der Waals surface area contributed by atoms with E-state index in [-0.39, 0.29) is 17.5 Å². The number of carbonyl (C=O) groups excluding carboxylic acids is 1. The summed E-state index contributed by atoms with van der Waals surface area (Å²) in [5.74, 6) is 0.858. The van der Waals surface area contributed by atoms with Crippen LogP contribution in [0.5, 0.6) is 5.75 Å². The third-order valence-corrected chi connectivity index (χ3v) is 3.38. The molecule has 0 aliphatic carbocycles. The zero-order chi connectivity index (χ0) is 16.2. The van der Waals surface area contributed by atoms with Gasteiger partial charge in [0.25, 0.3) is 0 Å². The molecule has 4 nitrogen and oxygen atoms in total. The highest BCUT2D eigenvalue weighted by atomic mass is 16.5. The van der Waals surface area contributed by atoms with Crippen molar-refractivity contribution in [2.45, 2.75) is 38.8 Å². The molecule has 0 radical (unpaired) electrons. The zero-order valence-electron chi connectivity index (χ0n) is 13.7. The molecule has 22 heavy (non-hydrogen) atoms. The molecule has 0 saturated heterocycles. The molecule has 1 aromatic carbocycles. The topological polar surface area (TPSA) is 43.3 Å². The number of hydrogen-bond acceptors (Lipinski definition) is 2. The first-order valence-corrected chi connectivity index (χ1v) is 7.46. The van der Waals surface area contributed by atoms with Crippen LogP contribution in [0.2, 0.25) is 0 Å². The van der Waals surface area contributed by atoms with Gasteiger partial charge in [-0.2, -0.15) is 0 Å². The van der Waals surface area contributed by atoms with Gasteiger partial charge in [-0.05, 0) is 50.6 Å². The van der Waals surface area contributed by atoms with Crippen molar-refractivity contribution in [1.29, 1.82) is 0 Å². The van der Waals surface area contributed by atoms with Crippen molar-refractivity contribution in [1.82, 2.24) is 9.88 Å². The third kappa shape index (κ3) is 4.38. The van der Waals surface area contributed by atoms with Gasteiger partial charge in [-0.3, -0.25) is 4.79 Å². The Labute approximate surface area is 132 Å². The van der Waals surface area contributed by atoms with Gasteiger partial charge in [-0.15, -0.1) is 0 Å². The molecule has 0 unspecified atom stereocenters. The van der Waals surface area contributed by atoms with Crippen molar-refractivity contribution in [3.63, 3.8) is 0 Å². The van der Waals surface area contributed by atoms with Crippen LogP contribution < -0.4 is 10.1 Å². The largest absolute Gasteiger partial charge is 0.497 e. The number of methoxy groups -OCH3 is 1. The Kier molecular flexibility index (Phi) is 4.91. The van der Waals surface area contributed by atoms with Gasteiger partial charge in [-0.1, -0.05) is 12.1 Å². The summed E-state index contributed by atoms with van der Waals surface area (Å²) in [7, 11) is 1.65. The summed E-state index contributed by atoms with van der Waals surface area (Å²) in [6, 6.07) is 11.8. The predicted molar refractivity (Wildman–Crippen MR) is 88.1 cm³/mol. The molecule has 0 fully saturated rings. The number of rotatable bonds is 5. The number of ether oxygens (including phenoxy) is 1. The maximum Gasteiger partial charge on any atom is 0.222 e. The molecule has 1 amide bonds. The van der Waals surface area contributed by atoms with Crippen molar-refractivity contribution in [3.8, 4) is 5.75 Å². The van der Waals surface area contributed by atoms with Crippen LogP contribution in [-0.2, 0) is 4.79 Å². The van der Waals surface area contributed by atoms with Crippen LogP contribution in [0.15, 0.2) is 48.8 Å². The first-order chi connectivity index (χ1) is 10.4. The first-order valence-electron chi connectivity index (χ1n) is 7.46. The Morgan fingerprint density at radius 2 is 1.77 bits per heavy atom. The monoisotopic (exact) mass is 300 g/mol. The maximum absolute atomic E-state index is 12.3. The van der Waals surface area contributed by atoms with Crippen LogP contribution in [0.25, 0.3) is 0 Å². The molecule has 0 spiro atoms. The van der Waals surface area contributed by atoms with Crippen molar-refractivity contribution in [3.05, 3.63) is 54.4 Å². The average Bonchev–Trinajstić information content (AvgIpc) is 2.97. The summed E-state index contributed by atoms with van der Waals surface area (Å²) in [5.41, 5.74) is 0.860. The highest BCUT2D eigenvalue weighted by Crippen LogP contribution is 2.24. The van der Waals surface area contributed by atoms with Crippen LogP contribution in [0.1, 0.15) is 38.8 Å². The summed E-state index contributed by atoms with van der Waals surface area (Å²) in [6.07, 6.45) is 4.37. The summed E-state index contributed by atoms with van der Waals surface area (Å²) in [5, 5.41) is 3.03. The van der Waals surface area contributed by atoms with Crippen LogP contribution in [0, 0.1) is 0 Å². The van der Waals surface area contributed by atoms with E-state index in [0.29, 0.717) is 6.42 Å². The van der Waals surface area contributed by atoms with Gasteiger partial charge in [0.05, 0.1) is 19.6 Å². The molecule has 2 rings (SSSR count). The Morgan fingerprint density at radius 3 is 2.27 bits per heavy atom. The lowest BCUT2D eigenvalue weighted by Gasteiger charge is -2.24. The lowest BCUT2D eigenvalue weighted by Crippen LogP contribution is -2.41. The van der Waals surface area contributed by atoms with E-state index in [4.69, 9.17) is 4.74 Å². The first kappa shape index (κ1) is 16.1. The fourth-order valence-electron chi connectivity index (χ4n) is 2.42. The maximum atomic E-state index is 12.3. The second kappa shape index (κ2) is 6.69. The van der Waals surface area contributed by atoms with E-state index in [1.54, 1.807) is 7.11 Å².